The molecular weight excluding hydrogens is 404 g/mol. The number of thiazole rings is 1. The maximum Gasteiger partial charge on any atom is 0.187 e. The Balaban J connectivity index is 1.37. The normalized spacial score (nSPS) is 11.2. The molecule has 1 aromatic carbocycles. The van der Waals surface area contributed by atoms with Gasteiger partial charge in [-0.2, -0.15) is 0 Å². The second-order valence-electron chi connectivity index (χ2n) is 7.83. The molecule has 6 heteroatoms. The van der Waals surface area contributed by atoms with Gasteiger partial charge in [-0.25, -0.2) is 9.97 Å². The summed E-state index contributed by atoms with van der Waals surface area (Å²) in [4.78, 5) is 9.08. The third-order valence-electron chi connectivity index (χ3n) is 5.41. The molecule has 0 atom stereocenters. The summed E-state index contributed by atoms with van der Waals surface area (Å²) < 4.78 is 6.03. The molecule has 4 rings (SSSR count). The number of anilines is 3. The van der Waals surface area contributed by atoms with Gasteiger partial charge >= 0.3 is 0 Å². The predicted molar refractivity (Wildman–Crippen MR) is 131 cm³/mol. The van der Waals surface area contributed by atoms with Gasteiger partial charge in [0.2, 0.25) is 0 Å². The standard InChI is InChI=1S/C25H30N4OS/c1-3-4-5-6-7-8-9-21-15-19-14-20(11-12-23(19)30-21)28-25-29-22(17-31-25)18-10-13-24(26-2)27-16-18/h10-17H,3-9H2,1-2H3,(H,26,27)(H,28,29). The number of hydrogen-bond donors (Lipinski definition) is 2. The summed E-state index contributed by atoms with van der Waals surface area (Å²) in [6.45, 7) is 2.26. The molecule has 0 amide bonds. The van der Waals surface area contributed by atoms with E-state index in [0.29, 0.717) is 0 Å². The number of hydrogen-bond acceptors (Lipinski definition) is 6. The summed E-state index contributed by atoms with van der Waals surface area (Å²) in [5.41, 5.74) is 3.90. The topological polar surface area (TPSA) is 63.0 Å². The summed E-state index contributed by atoms with van der Waals surface area (Å²) in [6, 6.07) is 12.4. The van der Waals surface area contributed by atoms with Crippen molar-refractivity contribution in [2.24, 2.45) is 0 Å². The van der Waals surface area contributed by atoms with E-state index in [9.17, 15) is 0 Å². The molecule has 0 radical (unpaired) electrons. The van der Waals surface area contributed by atoms with Gasteiger partial charge in [-0.3, -0.25) is 0 Å². The minimum absolute atomic E-state index is 0.849. The van der Waals surface area contributed by atoms with Gasteiger partial charge < -0.3 is 15.1 Å². The van der Waals surface area contributed by atoms with Crippen LogP contribution in [0.1, 0.15) is 51.2 Å². The van der Waals surface area contributed by atoms with Crippen molar-refractivity contribution >= 4 is 38.9 Å². The number of rotatable bonds is 11. The Labute approximate surface area is 187 Å². The van der Waals surface area contributed by atoms with Crippen LogP contribution in [0.15, 0.2) is 52.4 Å². The van der Waals surface area contributed by atoms with Crippen molar-refractivity contribution in [1.29, 1.82) is 0 Å². The number of nitrogens with zero attached hydrogens (tertiary/aromatic N) is 2. The number of furan rings is 1. The highest BCUT2D eigenvalue weighted by molar-refractivity contribution is 7.14. The zero-order valence-corrected chi connectivity index (χ0v) is 19.1. The number of fused-ring (bicyclic) bond motifs is 1. The Bertz CT molecular complexity index is 1100. The Kier molecular flexibility index (Phi) is 7.20. The third kappa shape index (κ3) is 5.64. The van der Waals surface area contributed by atoms with Gasteiger partial charge in [0.1, 0.15) is 17.2 Å². The van der Waals surface area contributed by atoms with E-state index in [0.717, 1.165) is 51.0 Å². The Hall–Kier alpha value is -2.86. The van der Waals surface area contributed by atoms with Crippen molar-refractivity contribution in [2.45, 2.75) is 51.9 Å². The van der Waals surface area contributed by atoms with E-state index in [1.165, 1.54) is 38.5 Å². The van der Waals surface area contributed by atoms with Gasteiger partial charge in [0.25, 0.3) is 0 Å². The first-order valence-electron chi connectivity index (χ1n) is 11.1. The summed E-state index contributed by atoms with van der Waals surface area (Å²) in [5, 5.41) is 10.5. The van der Waals surface area contributed by atoms with Crippen LogP contribution in [-0.2, 0) is 6.42 Å². The molecule has 162 valence electrons. The smallest absolute Gasteiger partial charge is 0.187 e. The zero-order valence-electron chi connectivity index (χ0n) is 18.3. The molecule has 0 fully saturated rings. The van der Waals surface area contributed by atoms with Crippen molar-refractivity contribution in [3.8, 4) is 11.3 Å². The molecule has 3 aromatic heterocycles. The summed E-state index contributed by atoms with van der Waals surface area (Å²) in [7, 11) is 1.86. The van der Waals surface area contributed by atoms with Gasteiger partial charge in [-0.1, -0.05) is 39.0 Å². The van der Waals surface area contributed by atoms with Crippen LogP contribution in [-0.4, -0.2) is 17.0 Å². The average Bonchev–Trinajstić information content (AvgIpc) is 3.42. The van der Waals surface area contributed by atoms with Gasteiger partial charge in [-0.15, -0.1) is 11.3 Å². The highest BCUT2D eigenvalue weighted by Gasteiger charge is 2.08. The summed E-state index contributed by atoms with van der Waals surface area (Å²) >= 11 is 1.59. The van der Waals surface area contributed by atoms with Crippen LogP contribution in [0.3, 0.4) is 0 Å². The van der Waals surface area contributed by atoms with Crippen LogP contribution >= 0.6 is 11.3 Å². The third-order valence-corrected chi connectivity index (χ3v) is 6.17. The second kappa shape index (κ2) is 10.4. The van der Waals surface area contributed by atoms with E-state index in [4.69, 9.17) is 9.40 Å². The van der Waals surface area contributed by atoms with Crippen molar-refractivity contribution in [1.82, 2.24) is 9.97 Å². The number of aryl methyl sites for hydroxylation is 1. The van der Waals surface area contributed by atoms with Crippen molar-refractivity contribution < 1.29 is 4.42 Å². The summed E-state index contributed by atoms with van der Waals surface area (Å²) in [5.74, 6) is 1.93. The molecule has 0 spiro atoms. The molecule has 4 aromatic rings. The molecule has 0 aliphatic carbocycles. The molecule has 0 aliphatic rings. The molecule has 2 N–H and O–H groups in total. The van der Waals surface area contributed by atoms with Crippen molar-refractivity contribution in [3.63, 3.8) is 0 Å². The minimum atomic E-state index is 0.849. The monoisotopic (exact) mass is 434 g/mol. The number of benzene rings is 1. The highest BCUT2D eigenvalue weighted by atomic mass is 32.1. The predicted octanol–water partition coefficient (Wildman–Crippen LogP) is 7.64. The lowest BCUT2D eigenvalue weighted by atomic mass is 10.1. The zero-order chi connectivity index (χ0) is 21.5. The van der Waals surface area contributed by atoms with E-state index in [1.807, 2.05) is 42.9 Å². The molecule has 3 heterocycles. The average molecular weight is 435 g/mol. The highest BCUT2D eigenvalue weighted by Crippen LogP contribution is 2.30. The van der Waals surface area contributed by atoms with Gasteiger partial charge in [0.15, 0.2) is 5.13 Å². The van der Waals surface area contributed by atoms with E-state index < -0.39 is 0 Å². The first-order chi connectivity index (χ1) is 15.2. The van der Waals surface area contributed by atoms with Gasteiger partial charge in [0.05, 0.1) is 5.69 Å². The van der Waals surface area contributed by atoms with Crippen molar-refractivity contribution in [3.05, 3.63) is 53.7 Å². The van der Waals surface area contributed by atoms with E-state index in [2.05, 4.69) is 34.7 Å². The molecule has 0 saturated heterocycles. The maximum atomic E-state index is 6.03. The second-order valence-corrected chi connectivity index (χ2v) is 8.69. The minimum Gasteiger partial charge on any atom is -0.461 e. The Morgan fingerprint density at radius 2 is 1.87 bits per heavy atom. The van der Waals surface area contributed by atoms with Crippen LogP contribution < -0.4 is 10.6 Å². The van der Waals surface area contributed by atoms with Gasteiger partial charge in [-0.05, 0) is 42.8 Å². The van der Waals surface area contributed by atoms with Crippen LogP contribution in [0.5, 0.6) is 0 Å². The van der Waals surface area contributed by atoms with Crippen LogP contribution in [0.2, 0.25) is 0 Å². The first kappa shape index (κ1) is 21.4. The lowest BCUT2D eigenvalue weighted by Crippen LogP contribution is -1.92. The first-order valence-corrected chi connectivity index (χ1v) is 12.0. The fourth-order valence-electron chi connectivity index (χ4n) is 3.66. The number of aromatic nitrogens is 2. The quantitative estimate of drug-likeness (QED) is 0.237. The number of pyridine rings is 1. The lowest BCUT2D eigenvalue weighted by Gasteiger charge is -2.02. The molecule has 0 aliphatic heterocycles. The Morgan fingerprint density at radius 1 is 1.00 bits per heavy atom. The lowest BCUT2D eigenvalue weighted by molar-refractivity contribution is 0.521. The fourth-order valence-corrected chi connectivity index (χ4v) is 4.40. The molecule has 31 heavy (non-hydrogen) atoms. The van der Waals surface area contributed by atoms with Crippen LogP contribution in [0.4, 0.5) is 16.6 Å². The van der Waals surface area contributed by atoms with E-state index >= 15 is 0 Å². The molecule has 0 bridgehead atoms. The SMILES string of the molecule is CCCCCCCCc1cc2cc(Nc3nc(-c4ccc(NC)nc4)cs3)ccc2o1. The summed E-state index contributed by atoms with van der Waals surface area (Å²) in [6.07, 6.45) is 10.6. The molecule has 0 unspecified atom stereocenters. The number of nitrogens with one attached hydrogen (secondary N) is 2. The maximum absolute atomic E-state index is 6.03. The van der Waals surface area contributed by atoms with Crippen LogP contribution in [0, 0.1) is 0 Å². The van der Waals surface area contributed by atoms with E-state index in [-0.39, 0.29) is 0 Å². The van der Waals surface area contributed by atoms with Gasteiger partial charge in [0, 0.05) is 41.7 Å². The Morgan fingerprint density at radius 3 is 2.68 bits per heavy atom. The fraction of sp³-hybridized carbons (Fsp3) is 0.360. The largest absolute Gasteiger partial charge is 0.461 e. The molecule has 0 saturated carbocycles. The van der Waals surface area contributed by atoms with Crippen molar-refractivity contribution in [2.75, 3.05) is 17.7 Å². The van der Waals surface area contributed by atoms with Crippen LogP contribution in [0.25, 0.3) is 22.2 Å². The van der Waals surface area contributed by atoms with E-state index in [1.54, 1.807) is 11.3 Å². The molecule has 5 nitrogen and oxygen atoms in total. The number of unbranched alkanes of at least 4 members (excludes halogenated alkanes) is 5. The molecular formula is C25H30N4OS.